The van der Waals surface area contributed by atoms with Gasteiger partial charge in [0.15, 0.2) is 6.29 Å². The fourth-order valence-electron chi connectivity index (χ4n) is 9.50. The minimum Gasteiger partial charge on any atom is -0.457 e. The van der Waals surface area contributed by atoms with E-state index in [1.807, 2.05) is 0 Å². The van der Waals surface area contributed by atoms with Crippen molar-refractivity contribution in [2.24, 2.45) is 0 Å². The van der Waals surface area contributed by atoms with Gasteiger partial charge >= 0.3 is 5.97 Å². The van der Waals surface area contributed by atoms with Crippen LogP contribution in [-0.4, -0.2) is 89.6 Å². The van der Waals surface area contributed by atoms with Gasteiger partial charge in [0.25, 0.3) is 0 Å². The first-order chi connectivity index (χ1) is 32.4. The standard InChI is InChI=1S/C57H112O9/c1-3-5-7-9-11-13-15-17-19-21-23-24-25-26-27-29-31-33-35-37-39-41-43-45-47-63-49-51(50-64-57-56(62)55(61)54(60)52(48-58)66-57)65-53(59)46-44-42-40-38-36-34-32-30-28-22-20-18-16-14-12-10-8-6-4-2/h51-52,54-58,60-62H,3-50H2,1-2H3. The largest absolute Gasteiger partial charge is 0.457 e. The molecule has 0 spiro atoms. The predicted octanol–water partition coefficient (Wildman–Crippen LogP) is 14.9. The summed E-state index contributed by atoms with van der Waals surface area (Å²) < 4.78 is 23.0. The van der Waals surface area contributed by atoms with Crippen molar-refractivity contribution in [2.75, 3.05) is 26.4 Å². The highest BCUT2D eigenvalue weighted by Crippen LogP contribution is 2.23. The molecule has 6 unspecified atom stereocenters. The molecule has 0 aromatic rings. The van der Waals surface area contributed by atoms with E-state index in [9.17, 15) is 25.2 Å². The Balaban J connectivity index is 2.12. The summed E-state index contributed by atoms with van der Waals surface area (Å²) in [6, 6.07) is 0. The lowest BCUT2D eigenvalue weighted by molar-refractivity contribution is -0.305. The Morgan fingerprint density at radius 3 is 1.08 bits per heavy atom. The Bertz CT molecular complexity index is 982. The van der Waals surface area contributed by atoms with Crippen LogP contribution in [0.3, 0.4) is 0 Å². The first-order valence-electron chi connectivity index (χ1n) is 29.1. The summed E-state index contributed by atoms with van der Waals surface area (Å²) in [6.45, 7) is 4.65. The van der Waals surface area contributed by atoms with Crippen molar-refractivity contribution in [1.29, 1.82) is 0 Å². The zero-order valence-electron chi connectivity index (χ0n) is 43.7. The topological polar surface area (TPSA) is 135 Å². The first-order valence-corrected chi connectivity index (χ1v) is 29.1. The molecule has 1 aliphatic heterocycles. The molecule has 0 saturated carbocycles. The summed E-state index contributed by atoms with van der Waals surface area (Å²) in [6.07, 6.45) is 50.1. The monoisotopic (exact) mass is 941 g/mol. The number of esters is 1. The van der Waals surface area contributed by atoms with Crippen LogP contribution in [0.5, 0.6) is 0 Å². The summed E-state index contributed by atoms with van der Waals surface area (Å²) >= 11 is 0. The van der Waals surface area contributed by atoms with Gasteiger partial charge in [-0.1, -0.05) is 277 Å². The fourth-order valence-corrected chi connectivity index (χ4v) is 9.50. The highest BCUT2D eigenvalue weighted by atomic mass is 16.7. The summed E-state index contributed by atoms with van der Waals surface area (Å²) in [7, 11) is 0. The second kappa shape index (κ2) is 49.2. The van der Waals surface area contributed by atoms with Crippen molar-refractivity contribution in [3.05, 3.63) is 0 Å². The molecule has 1 saturated heterocycles. The molecule has 1 heterocycles. The average Bonchev–Trinajstić information content (AvgIpc) is 3.32. The normalized spacial score (nSPS) is 19.2. The number of aliphatic hydroxyl groups excluding tert-OH is 4. The van der Waals surface area contributed by atoms with Crippen LogP contribution in [0.25, 0.3) is 0 Å². The van der Waals surface area contributed by atoms with Crippen LogP contribution in [-0.2, 0) is 23.7 Å². The van der Waals surface area contributed by atoms with E-state index < -0.39 is 43.4 Å². The van der Waals surface area contributed by atoms with Crippen molar-refractivity contribution < 1.29 is 44.2 Å². The van der Waals surface area contributed by atoms with E-state index in [1.165, 1.54) is 244 Å². The van der Waals surface area contributed by atoms with Gasteiger partial charge in [-0.05, 0) is 12.8 Å². The van der Waals surface area contributed by atoms with Gasteiger partial charge in [0, 0.05) is 13.0 Å². The maximum absolute atomic E-state index is 12.9. The van der Waals surface area contributed by atoms with E-state index in [0.717, 1.165) is 32.1 Å². The molecule has 9 nitrogen and oxygen atoms in total. The van der Waals surface area contributed by atoms with Crippen LogP contribution in [0.2, 0.25) is 0 Å². The van der Waals surface area contributed by atoms with E-state index in [1.54, 1.807) is 0 Å². The van der Waals surface area contributed by atoms with Gasteiger partial charge in [-0.25, -0.2) is 0 Å². The van der Waals surface area contributed by atoms with Crippen molar-refractivity contribution in [3.8, 4) is 0 Å². The van der Waals surface area contributed by atoms with E-state index in [0.29, 0.717) is 13.0 Å². The molecule has 0 amide bonds. The molecule has 1 rings (SSSR count). The van der Waals surface area contributed by atoms with Crippen LogP contribution in [0, 0.1) is 0 Å². The van der Waals surface area contributed by atoms with Gasteiger partial charge in [-0.3, -0.25) is 4.79 Å². The molecular formula is C57H112O9. The quantitative estimate of drug-likeness (QED) is 0.0347. The molecule has 1 fully saturated rings. The molecular weight excluding hydrogens is 829 g/mol. The lowest BCUT2D eigenvalue weighted by atomic mass is 9.99. The summed E-state index contributed by atoms with van der Waals surface area (Å²) in [5.74, 6) is -0.303. The fraction of sp³-hybridized carbons (Fsp3) is 0.982. The Morgan fingerprint density at radius 2 is 0.742 bits per heavy atom. The second-order valence-corrected chi connectivity index (χ2v) is 20.5. The Labute approximate surface area is 408 Å². The van der Waals surface area contributed by atoms with E-state index in [4.69, 9.17) is 18.9 Å². The van der Waals surface area contributed by atoms with Gasteiger partial charge in [0.05, 0.1) is 19.8 Å². The van der Waals surface area contributed by atoms with Crippen LogP contribution in [0.1, 0.15) is 296 Å². The zero-order chi connectivity index (χ0) is 47.8. The minimum atomic E-state index is -1.53. The zero-order valence-corrected chi connectivity index (χ0v) is 43.7. The predicted molar refractivity (Wildman–Crippen MR) is 275 cm³/mol. The SMILES string of the molecule is CCCCCCCCCCCCCCCCCCCCCCCCCCOCC(COC1OC(CO)C(O)C(O)C1O)OC(=O)CCCCCCCCCCCCCCCCCCCCC. The molecule has 0 bridgehead atoms. The maximum atomic E-state index is 12.9. The Morgan fingerprint density at radius 1 is 0.424 bits per heavy atom. The highest BCUT2D eigenvalue weighted by Gasteiger charge is 2.44. The lowest BCUT2D eigenvalue weighted by Gasteiger charge is -2.39. The van der Waals surface area contributed by atoms with E-state index >= 15 is 0 Å². The van der Waals surface area contributed by atoms with Gasteiger partial charge in [-0.15, -0.1) is 0 Å². The van der Waals surface area contributed by atoms with Crippen LogP contribution in [0.15, 0.2) is 0 Å². The molecule has 394 valence electrons. The third kappa shape index (κ3) is 39.0. The highest BCUT2D eigenvalue weighted by molar-refractivity contribution is 5.69. The number of unbranched alkanes of at least 4 members (excludes halogenated alkanes) is 41. The maximum Gasteiger partial charge on any atom is 0.306 e. The Hall–Kier alpha value is -0.810. The number of carbonyl (C=O) groups is 1. The number of hydrogen-bond donors (Lipinski definition) is 4. The molecule has 0 aromatic heterocycles. The molecule has 1 aliphatic rings. The number of ether oxygens (including phenoxy) is 4. The number of hydrogen-bond acceptors (Lipinski definition) is 9. The number of aliphatic hydroxyl groups is 4. The molecule has 6 atom stereocenters. The molecule has 9 heteroatoms. The van der Waals surface area contributed by atoms with E-state index in [2.05, 4.69) is 13.8 Å². The number of rotatable bonds is 52. The van der Waals surface area contributed by atoms with Crippen LogP contribution >= 0.6 is 0 Å². The third-order valence-corrected chi connectivity index (χ3v) is 14.0. The molecule has 0 aromatic carbocycles. The number of carbonyl (C=O) groups excluding carboxylic acids is 1. The second-order valence-electron chi connectivity index (χ2n) is 20.5. The molecule has 0 aliphatic carbocycles. The van der Waals surface area contributed by atoms with Crippen molar-refractivity contribution >= 4 is 5.97 Å². The van der Waals surface area contributed by atoms with Gasteiger partial charge in [0.2, 0.25) is 0 Å². The molecule has 66 heavy (non-hydrogen) atoms. The summed E-state index contributed by atoms with van der Waals surface area (Å²) in [5.41, 5.74) is 0. The van der Waals surface area contributed by atoms with Crippen molar-refractivity contribution in [3.63, 3.8) is 0 Å². The first kappa shape index (κ1) is 63.2. The summed E-state index contributed by atoms with van der Waals surface area (Å²) in [5, 5.41) is 40.3. The third-order valence-electron chi connectivity index (χ3n) is 14.0. The van der Waals surface area contributed by atoms with Crippen molar-refractivity contribution in [1.82, 2.24) is 0 Å². The minimum absolute atomic E-state index is 0.104. The van der Waals surface area contributed by atoms with Gasteiger partial charge in [-0.2, -0.15) is 0 Å². The van der Waals surface area contributed by atoms with Crippen LogP contribution in [0.4, 0.5) is 0 Å². The van der Waals surface area contributed by atoms with Gasteiger partial charge < -0.3 is 39.4 Å². The Kier molecular flexibility index (Phi) is 47.1. The van der Waals surface area contributed by atoms with E-state index in [-0.39, 0.29) is 19.2 Å². The molecule has 4 N–H and O–H groups in total. The average molecular weight is 942 g/mol. The van der Waals surface area contributed by atoms with Crippen LogP contribution < -0.4 is 0 Å². The lowest BCUT2D eigenvalue weighted by Crippen LogP contribution is -2.59. The van der Waals surface area contributed by atoms with Gasteiger partial charge in [0.1, 0.15) is 30.5 Å². The summed E-state index contributed by atoms with van der Waals surface area (Å²) in [4.78, 5) is 12.9. The molecule has 0 radical (unpaired) electrons. The smallest absolute Gasteiger partial charge is 0.306 e. The van der Waals surface area contributed by atoms with Crippen molar-refractivity contribution in [2.45, 2.75) is 333 Å².